The van der Waals surface area contributed by atoms with Gasteiger partial charge in [-0.2, -0.15) is 0 Å². The van der Waals surface area contributed by atoms with E-state index >= 15 is 0 Å². The predicted molar refractivity (Wildman–Crippen MR) is 87.5 cm³/mol. The fourth-order valence-electron chi connectivity index (χ4n) is 1.99. The van der Waals surface area contributed by atoms with Crippen LogP contribution in [0, 0.1) is 5.92 Å². The monoisotopic (exact) mass is 342 g/mol. The molecule has 104 valence electrons. The van der Waals surface area contributed by atoms with Crippen LogP contribution in [0.25, 0.3) is 0 Å². The lowest BCUT2D eigenvalue weighted by Gasteiger charge is -2.09. The molecule has 0 radical (unpaired) electrons. The Balaban J connectivity index is 2.05. The van der Waals surface area contributed by atoms with Gasteiger partial charge >= 0.3 is 0 Å². The Morgan fingerprint density at radius 3 is 3.00 bits per heavy atom. The quantitative estimate of drug-likeness (QED) is 0.880. The summed E-state index contributed by atoms with van der Waals surface area (Å²) in [6.45, 7) is 4.48. The average molecular weight is 343 g/mol. The maximum atomic E-state index is 5.24. The first-order valence-electron chi connectivity index (χ1n) is 6.39. The number of hydrogen-bond acceptors (Lipinski definition) is 4. The van der Waals surface area contributed by atoms with Crippen LogP contribution in [0.1, 0.15) is 20.3 Å². The number of ether oxygens (including phenoxy) is 1. The summed E-state index contributed by atoms with van der Waals surface area (Å²) in [5.74, 6) is 2.60. The van der Waals surface area contributed by atoms with Gasteiger partial charge in [0.15, 0.2) is 5.17 Å². The van der Waals surface area contributed by atoms with Gasteiger partial charge in [0.25, 0.3) is 0 Å². The summed E-state index contributed by atoms with van der Waals surface area (Å²) in [6.07, 6.45) is 1.15. The van der Waals surface area contributed by atoms with Crippen LogP contribution in [0.2, 0.25) is 0 Å². The molecule has 2 rings (SSSR count). The number of aliphatic imine (C=N–C) groups is 1. The van der Waals surface area contributed by atoms with Gasteiger partial charge < -0.3 is 10.1 Å². The zero-order valence-corrected chi connectivity index (χ0v) is 13.8. The first kappa shape index (κ1) is 14.7. The van der Waals surface area contributed by atoms with Crippen molar-refractivity contribution in [1.29, 1.82) is 0 Å². The van der Waals surface area contributed by atoms with Crippen LogP contribution in [-0.4, -0.2) is 24.1 Å². The van der Waals surface area contributed by atoms with Gasteiger partial charge in [0.05, 0.1) is 18.8 Å². The van der Waals surface area contributed by atoms with Crippen LogP contribution < -0.4 is 10.1 Å². The molecule has 1 aromatic carbocycles. The van der Waals surface area contributed by atoms with Crippen LogP contribution in [0.5, 0.6) is 5.75 Å². The molecule has 0 bridgehead atoms. The van der Waals surface area contributed by atoms with E-state index in [4.69, 9.17) is 9.73 Å². The Morgan fingerprint density at radius 1 is 1.53 bits per heavy atom. The van der Waals surface area contributed by atoms with Crippen molar-refractivity contribution in [1.82, 2.24) is 0 Å². The topological polar surface area (TPSA) is 33.6 Å². The van der Waals surface area contributed by atoms with Crippen molar-refractivity contribution < 1.29 is 4.74 Å². The minimum absolute atomic E-state index is 0.442. The van der Waals surface area contributed by atoms with E-state index in [0.29, 0.717) is 12.0 Å². The lowest BCUT2D eigenvalue weighted by molar-refractivity contribution is 0.415. The SMILES string of the molecule is COc1ccc(Br)c(NC2=NC(CC(C)C)CS2)c1. The van der Waals surface area contributed by atoms with Crippen LogP contribution in [0.15, 0.2) is 27.7 Å². The molecule has 0 aromatic heterocycles. The van der Waals surface area contributed by atoms with E-state index in [-0.39, 0.29) is 0 Å². The van der Waals surface area contributed by atoms with Crippen molar-refractivity contribution in [3.63, 3.8) is 0 Å². The second-order valence-electron chi connectivity index (χ2n) is 5.00. The Labute approximate surface area is 127 Å². The number of hydrogen-bond donors (Lipinski definition) is 1. The van der Waals surface area contributed by atoms with Crippen molar-refractivity contribution >= 4 is 38.5 Å². The minimum atomic E-state index is 0.442. The van der Waals surface area contributed by atoms with Gasteiger partial charge in [-0.25, -0.2) is 0 Å². The zero-order chi connectivity index (χ0) is 13.8. The van der Waals surface area contributed by atoms with Crippen molar-refractivity contribution in [2.45, 2.75) is 26.3 Å². The normalized spacial score (nSPS) is 18.6. The summed E-state index contributed by atoms with van der Waals surface area (Å²) < 4.78 is 6.26. The number of thioether (sulfide) groups is 1. The number of amidine groups is 1. The molecule has 1 heterocycles. The molecule has 1 N–H and O–H groups in total. The van der Waals surface area contributed by atoms with E-state index in [1.807, 2.05) is 18.2 Å². The van der Waals surface area contributed by atoms with E-state index in [1.165, 1.54) is 0 Å². The number of methoxy groups -OCH3 is 1. The van der Waals surface area contributed by atoms with Crippen molar-refractivity contribution in [3.05, 3.63) is 22.7 Å². The molecule has 0 spiro atoms. The molecule has 1 aliphatic heterocycles. The highest BCUT2D eigenvalue weighted by Crippen LogP contribution is 2.30. The van der Waals surface area contributed by atoms with E-state index < -0.39 is 0 Å². The average Bonchev–Trinajstić information content (AvgIpc) is 2.78. The second-order valence-corrected chi connectivity index (χ2v) is 6.86. The van der Waals surface area contributed by atoms with Gasteiger partial charge in [-0.05, 0) is 40.4 Å². The summed E-state index contributed by atoms with van der Waals surface area (Å²) in [5, 5.41) is 4.37. The number of nitrogens with one attached hydrogen (secondary N) is 1. The van der Waals surface area contributed by atoms with Gasteiger partial charge in [0.1, 0.15) is 5.75 Å². The van der Waals surface area contributed by atoms with E-state index in [1.54, 1.807) is 18.9 Å². The van der Waals surface area contributed by atoms with Crippen LogP contribution >= 0.6 is 27.7 Å². The molecule has 0 fully saturated rings. The first-order chi connectivity index (χ1) is 9.08. The molecule has 3 nitrogen and oxygen atoms in total. The summed E-state index contributed by atoms with van der Waals surface area (Å²) in [7, 11) is 1.67. The zero-order valence-electron chi connectivity index (χ0n) is 11.4. The lowest BCUT2D eigenvalue weighted by atomic mass is 10.1. The Morgan fingerprint density at radius 2 is 2.32 bits per heavy atom. The maximum absolute atomic E-state index is 5.24. The number of anilines is 1. The third kappa shape index (κ3) is 4.14. The van der Waals surface area contributed by atoms with Crippen LogP contribution in [0.3, 0.4) is 0 Å². The molecule has 1 aliphatic rings. The van der Waals surface area contributed by atoms with E-state index in [9.17, 15) is 0 Å². The molecule has 0 amide bonds. The standard InChI is InChI=1S/C14H19BrN2OS/c1-9(2)6-10-8-19-14(16-10)17-13-7-11(18-3)4-5-12(13)15/h4-5,7,9-10H,6,8H2,1-3H3,(H,16,17). The Bertz CT molecular complexity index is 477. The highest BCUT2D eigenvalue weighted by Gasteiger charge is 2.19. The fraction of sp³-hybridized carbons (Fsp3) is 0.500. The van der Waals surface area contributed by atoms with Crippen LogP contribution in [-0.2, 0) is 0 Å². The molecule has 0 aliphatic carbocycles. The molecule has 1 unspecified atom stereocenters. The number of nitrogens with zero attached hydrogens (tertiary/aromatic N) is 1. The van der Waals surface area contributed by atoms with E-state index in [2.05, 4.69) is 35.1 Å². The Kier molecular flexibility index (Phi) is 5.16. The van der Waals surface area contributed by atoms with Crippen molar-refractivity contribution in [2.75, 3.05) is 18.2 Å². The van der Waals surface area contributed by atoms with Crippen molar-refractivity contribution in [2.24, 2.45) is 10.9 Å². The predicted octanol–water partition coefficient (Wildman–Crippen LogP) is 4.39. The fourth-order valence-corrected chi connectivity index (χ4v) is 3.30. The first-order valence-corrected chi connectivity index (χ1v) is 8.17. The molecule has 5 heteroatoms. The maximum Gasteiger partial charge on any atom is 0.161 e. The molecule has 1 atom stereocenters. The largest absolute Gasteiger partial charge is 0.497 e. The van der Waals surface area contributed by atoms with E-state index in [0.717, 1.165) is 33.3 Å². The summed E-state index contributed by atoms with van der Waals surface area (Å²) in [6, 6.07) is 6.33. The highest BCUT2D eigenvalue weighted by molar-refractivity contribution is 9.10. The third-order valence-corrected chi connectivity index (χ3v) is 4.59. The second kappa shape index (κ2) is 6.66. The molecular formula is C14H19BrN2OS. The highest BCUT2D eigenvalue weighted by atomic mass is 79.9. The van der Waals surface area contributed by atoms with Gasteiger partial charge in [-0.3, -0.25) is 4.99 Å². The number of rotatable bonds is 4. The number of halogens is 1. The molecule has 19 heavy (non-hydrogen) atoms. The van der Waals surface area contributed by atoms with Crippen LogP contribution in [0.4, 0.5) is 5.69 Å². The summed E-state index contributed by atoms with van der Waals surface area (Å²) >= 11 is 5.33. The molecular weight excluding hydrogens is 324 g/mol. The number of benzene rings is 1. The molecule has 0 saturated heterocycles. The van der Waals surface area contributed by atoms with Crippen molar-refractivity contribution in [3.8, 4) is 5.75 Å². The van der Waals surface area contributed by atoms with Gasteiger partial charge in [0.2, 0.25) is 0 Å². The Hall–Kier alpha value is -0.680. The molecule has 0 saturated carbocycles. The lowest BCUT2D eigenvalue weighted by Crippen LogP contribution is -2.08. The minimum Gasteiger partial charge on any atom is -0.497 e. The van der Waals surface area contributed by atoms with Gasteiger partial charge in [-0.15, -0.1) is 0 Å². The smallest absolute Gasteiger partial charge is 0.161 e. The van der Waals surface area contributed by atoms with Gasteiger partial charge in [-0.1, -0.05) is 25.6 Å². The van der Waals surface area contributed by atoms with Gasteiger partial charge in [0, 0.05) is 16.3 Å². The summed E-state index contributed by atoms with van der Waals surface area (Å²) in [5.41, 5.74) is 0.996. The molecule has 1 aromatic rings. The summed E-state index contributed by atoms with van der Waals surface area (Å²) in [4.78, 5) is 4.73. The third-order valence-electron chi connectivity index (χ3n) is 2.87.